The smallest absolute Gasteiger partial charge is 0.229 e. The Morgan fingerprint density at radius 1 is 0.704 bits per heavy atom. The summed E-state index contributed by atoms with van der Waals surface area (Å²) in [5, 5.41) is 4.39. The molecular formula is C23H13BN2O. The number of aromatic nitrogens is 2. The molecule has 3 heterocycles. The van der Waals surface area contributed by atoms with E-state index in [1.54, 1.807) is 0 Å². The van der Waals surface area contributed by atoms with Gasteiger partial charge >= 0.3 is 0 Å². The standard InChI is InChI=1S/C23H13BN2O/c24-14-9-11-20-18(13-14)15-5-1-3-7-19(15)26(20)22-12-10-17-16-6-2-4-8-21(16)27-23(17)25-22/h1-13H. The molecule has 0 aliphatic rings. The second-order valence-electron chi connectivity index (χ2n) is 6.75. The van der Waals surface area contributed by atoms with E-state index >= 15 is 0 Å². The first kappa shape index (κ1) is 14.6. The van der Waals surface area contributed by atoms with Crippen molar-refractivity contribution in [2.45, 2.75) is 0 Å². The predicted molar refractivity (Wildman–Crippen MR) is 111 cm³/mol. The molecule has 3 aromatic carbocycles. The maximum absolute atomic E-state index is 6.04. The SMILES string of the molecule is [B]c1ccc2c(c1)c1ccccc1n2-c1ccc2c(n1)oc1ccccc12. The fraction of sp³-hybridized carbons (Fsp3) is 0. The number of benzene rings is 3. The Labute approximate surface area is 156 Å². The second kappa shape index (κ2) is 5.24. The summed E-state index contributed by atoms with van der Waals surface area (Å²) in [4.78, 5) is 4.84. The largest absolute Gasteiger partial charge is 0.438 e. The van der Waals surface area contributed by atoms with Crippen LogP contribution in [0.2, 0.25) is 0 Å². The van der Waals surface area contributed by atoms with E-state index < -0.39 is 0 Å². The molecule has 0 N–H and O–H groups in total. The van der Waals surface area contributed by atoms with Crippen molar-refractivity contribution in [1.82, 2.24) is 9.55 Å². The van der Waals surface area contributed by atoms with Crippen molar-refractivity contribution in [2.75, 3.05) is 0 Å². The Balaban J connectivity index is 1.72. The van der Waals surface area contributed by atoms with E-state index in [2.05, 4.69) is 34.9 Å². The van der Waals surface area contributed by atoms with Crippen LogP contribution in [0.25, 0.3) is 49.7 Å². The van der Waals surface area contributed by atoms with Crippen molar-refractivity contribution in [3.63, 3.8) is 0 Å². The summed E-state index contributed by atoms with van der Waals surface area (Å²) in [5.74, 6) is 0.831. The highest BCUT2D eigenvalue weighted by Gasteiger charge is 2.15. The fourth-order valence-electron chi connectivity index (χ4n) is 3.96. The summed E-state index contributed by atoms with van der Waals surface area (Å²) in [7, 11) is 6.04. The molecule has 0 atom stereocenters. The summed E-state index contributed by atoms with van der Waals surface area (Å²) in [6.07, 6.45) is 0. The van der Waals surface area contributed by atoms with E-state index in [-0.39, 0.29) is 0 Å². The van der Waals surface area contributed by atoms with Crippen LogP contribution in [0.5, 0.6) is 0 Å². The van der Waals surface area contributed by atoms with Gasteiger partial charge in [-0.05, 0) is 30.3 Å². The number of nitrogens with zero attached hydrogens (tertiary/aromatic N) is 2. The van der Waals surface area contributed by atoms with E-state index in [1.807, 2.05) is 48.5 Å². The molecule has 124 valence electrons. The number of pyridine rings is 1. The van der Waals surface area contributed by atoms with Crippen LogP contribution in [-0.4, -0.2) is 17.4 Å². The van der Waals surface area contributed by atoms with E-state index in [4.69, 9.17) is 17.2 Å². The minimum absolute atomic E-state index is 0.648. The van der Waals surface area contributed by atoms with Gasteiger partial charge in [0.25, 0.3) is 0 Å². The summed E-state index contributed by atoms with van der Waals surface area (Å²) in [6.45, 7) is 0. The van der Waals surface area contributed by atoms with Gasteiger partial charge in [0.15, 0.2) is 0 Å². The molecular weight excluding hydrogens is 331 g/mol. The van der Waals surface area contributed by atoms with Crippen molar-refractivity contribution in [1.29, 1.82) is 0 Å². The highest BCUT2D eigenvalue weighted by molar-refractivity contribution is 6.33. The van der Waals surface area contributed by atoms with E-state index in [0.29, 0.717) is 5.71 Å². The van der Waals surface area contributed by atoms with Crippen LogP contribution in [0, 0.1) is 0 Å². The predicted octanol–water partition coefficient (Wildman–Crippen LogP) is 4.87. The van der Waals surface area contributed by atoms with E-state index in [1.165, 1.54) is 0 Å². The van der Waals surface area contributed by atoms with Crippen LogP contribution >= 0.6 is 0 Å². The maximum Gasteiger partial charge on any atom is 0.229 e. The molecule has 3 nitrogen and oxygen atoms in total. The summed E-state index contributed by atoms with van der Waals surface area (Å²) in [6, 6.07) is 26.5. The Hall–Kier alpha value is -3.53. The molecule has 0 aliphatic heterocycles. The summed E-state index contributed by atoms with van der Waals surface area (Å²) in [5.41, 5.74) is 4.43. The first-order valence-electron chi connectivity index (χ1n) is 8.87. The summed E-state index contributed by atoms with van der Waals surface area (Å²) < 4.78 is 8.15. The van der Waals surface area contributed by atoms with Crippen molar-refractivity contribution in [3.05, 3.63) is 78.9 Å². The van der Waals surface area contributed by atoms with Gasteiger partial charge < -0.3 is 4.42 Å². The van der Waals surface area contributed by atoms with Gasteiger partial charge in [0.2, 0.25) is 5.71 Å². The normalized spacial score (nSPS) is 11.9. The molecule has 0 unspecified atom stereocenters. The molecule has 0 spiro atoms. The minimum Gasteiger partial charge on any atom is -0.438 e. The van der Waals surface area contributed by atoms with Gasteiger partial charge in [-0.1, -0.05) is 54.0 Å². The second-order valence-corrected chi connectivity index (χ2v) is 6.75. The molecule has 6 aromatic rings. The van der Waals surface area contributed by atoms with Crippen molar-refractivity contribution < 1.29 is 4.42 Å². The Kier molecular flexibility index (Phi) is 2.84. The average Bonchev–Trinajstić information content (AvgIpc) is 3.22. The fourth-order valence-corrected chi connectivity index (χ4v) is 3.96. The highest BCUT2D eigenvalue weighted by atomic mass is 16.3. The van der Waals surface area contributed by atoms with Crippen LogP contribution in [0.1, 0.15) is 0 Å². The van der Waals surface area contributed by atoms with Crippen molar-refractivity contribution in [2.24, 2.45) is 0 Å². The number of para-hydroxylation sites is 2. The molecule has 0 saturated heterocycles. The summed E-state index contributed by atoms with van der Waals surface area (Å²) >= 11 is 0. The molecule has 0 bridgehead atoms. The lowest BCUT2D eigenvalue weighted by Gasteiger charge is -2.06. The van der Waals surface area contributed by atoms with Crippen molar-refractivity contribution >= 4 is 57.2 Å². The molecule has 2 radical (unpaired) electrons. The van der Waals surface area contributed by atoms with Gasteiger partial charge in [0, 0.05) is 21.5 Å². The monoisotopic (exact) mass is 344 g/mol. The Bertz CT molecular complexity index is 1490. The van der Waals surface area contributed by atoms with Crippen LogP contribution in [0.15, 0.2) is 83.3 Å². The van der Waals surface area contributed by atoms with Crippen LogP contribution < -0.4 is 5.46 Å². The van der Waals surface area contributed by atoms with Crippen molar-refractivity contribution in [3.8, 4) is 5.82 Å². The van der Waals surface area contributed by atoms with Gasteiger partial charge in [0.1, 0.15) is 19.2 Å². The number of rotatable bonds is 1. The lowest BCUT2D eigenvalue weighted by molar-refractivity contribution is 0.653. The highest BCUT2D eigenvalue weighted by Crippen LogP contribution is 2.33. The third-order valence-corrected chi connectivity index (χ3v) is 5.16. The molecule has 0 saturated carbocycles. The molecule has 0 fully saturated rings. The average molecular weight is 344 g/mol. The van der Waals surface area contributed by atoms with Crippen LogP contribution in [0.4, 0.5) is 0 Å². The Morgan fingerprint density at radius 2 is 1.48 bits per heavy atom. The van der Waals surface area contributed by atoms with Gasteiger partial charge in [-0.2, -0.15) is 4.98 Å². The van der Waals surface area contributed by atoms with E-state index in [0.717, 1.165) is 49.4 Å². The number of furan rings is 1. The molecule has 3 aromatic heterocycles. The van der Waals surface area contributed by atoms with Gasteiger partial charge in [-0.3, -0.25) is 4.57 Å². The number of hydrogen-bond donors (Lipinski definition) is 0. The molecule has 27 heavy (non-hydrogen) atoms. The first-order chi connectivity index (χ1) is 13.3. The van der Waals surface area contributed by atoms with Crippen LogP contribution in [-0.2, 0) is 0 Å². The maximum atomic E-state index is 6.04. The van der Waals surface area contributed by atoms with Gasteiger partial charge in [-0.25, -0.2) is 0 Å². The molecule has 0 amide bonds. The quantitative estimate of drug-likeness (QED) is 0.398. The molecule has 4 heteroatoms. The lowest BCUT2D eigenvalue weighted by Crippen LogP contribution is -2.01. The number of fused-ring (bicyclic) bond motifs is 6. The zero-order valence-corrected chi connectivity index (χ0v) is 14.4. The van der Waals surface area contributed by atoms with Crippen LogP contribution in [0.3, 0.4) is 0 Å². The zero-order valence-electron chi connectivity index (χ0n) is 14.4. The minimum atomic E-state index is 0.648. The topological polar surface area (TPSA) is 31.0 Å². The first-order valence-corrected chi connectivity index (χ1v) is 8.87. The van der Waals surface area contributed by atoms with E-state index in [9.17, 15) is 0 Å². The zero-order chi connectivity index (χ0) is 18.0. The molecule has 6 rings (SSSR count). The molecule has 0 aliphatic carbocycles. The Morgan fingerprint density at radius 3 is 2.41 bits per heavy atom. The number of hydrogen-bond acceptors (Lipinski definition) is 2. The van der Waals surface area contributed by atoms with Gasteiger partial charge in [-0.15, -0.1) is 0 Å². The third kappa shape index (κ3) is 2.01. The third-order valence-electron chi connectivity index (χ3n) is 5.16. The van der Waals surface area contributed by atoms with Gasteiger partial charge in [0.05, 0.1) is 11.0 Å². The lowest BCUT2D eigenvalue weighted by atomic mass is 9.94.